The van der Waals surface area contributed by atoms with Gasteiger partial charge in [-0.05, 0) is 29.3 Å². The fraction of sp³-hybridized carbons (Fsp3) is 0.154. The first kappa shape index (κ1) is 23.3. The maximum Gasteiger partial charge on any atom is 0.312 e. The van der Waals surface area contributed by atoms with Crippen LogP contribution in [0, 0.1) is 5.82 Å². The monoisotopic (exact) mass is 478 g/mol. The summed E-state index contributed by atoms with van der Waals surface area (Å²) in [7, 11) is 0. The molecule has 6 nitrogen and oxygen atoms in total. The molecular formula is C26H24ClFN4O2. The van der Waals surface area contributed by atoms with Crippen LogP contribution in [0.3, 0.4) is 0 Å². The molecule has 0 bridgehead atoms. The summed E-state index contributed by atoms with van der Waals surface area (Å²) in [5.74, 6) is -1.12. The highest BCUT2D eigenvalue weighted by atomic mass is 35.5. The van der Waals surface area contributed by atoms with Crippen molar-refractivity contribution in [2.45, 2.75) is 18.4 Å². The van der Waals surface area contributed by atoms with E-state index in [9.17, 15) is 14.0 Å². The van der Waals surface area contributed by atoms with Crippen LogP contribution >= 0.6 is 11.6 Å². The summed E-state index contributed by atoms with van der Waals surface area (Å²) in [6.07, 6.45) is 1.74. The molecule has 34 heavy (non-hydrogen) atoms. The Hall–Kier alpha value is -3.84. The van der Waals surface area contributed by atoms with Crippen LogP contribution in [-0.2, 0) is 4.79 Å². The van der Waals surface area contributed by atoms with E-state index in [4.69, 9.17) is 17.3 Å². The van der Waals surface area contributed by atoms with Crippen LogP contribution in [0.1, 0.15) is 35.1 Å². The van der Waals surface area contributed by atoms with Gasteiger partial charge in [0.1, 0.15) is 5.82 Å². The minimum atomic E-state index is -0.898. The number of amides is 3. The molecule has 174 valence electrons. The van der Waals surface area contributed by atoms with Crippen LogP contribution in [0.25, 0.3) is 10.9 Å². The lowest BCUT2D eigenvalue weighted by Gasteiger charge is -2.21. The zero-order chi connectivity index (χ0) is 24.1. The fourth-order valence-corrected chi connectivity index (χ4v) is 4.44. The van der Waals surface area contributed by atoms with E-state index in [0.717, 1.165) is 22.0 Å². The highest BCUT2D eigenvalue weighted by Gasteiger charge is 2.24. The Morgan fingerprint density at radius 1 is 0.941 bits per heavy atom. The number of carbonyl (C=O) groups excluding carboxylic acids is 2. The summed E-state index contributed by atoms with van der Waals surface area (Å²) in [5.41, 5.74) is 8.30. The first-order chi connectivity index (χ1) is 16.4. The second-order valence-corrected chi connectivity index (χ2v) is 8.36. The van der Waals surface area contributed by atoms with Crippen LogP contribution in [0.15, 0.2) is 79.0 Å². The topological polar surface area (TPSA) is 100 Å². The highest BCUT2D eigenvalue weighted by Crippen LogP contribution is 2.34. The molecule has 0 fully saturated rings. The van der Waals surface area contributed by atoms with Gasteiger partial charge in [0.15, 0.2) is 0 Å². The molecular weight excluding hydrogens is 455 g/mol. The predicted molar refractivity (Wildman–Crippen MR) is 131 cm³/mol. The van der Waals surface area contributed by atoms with E-state index in [1.807, 2.05) is 54.7 Å². The normalized spacial score (nSPS) is 12.8. The first-order valence-electron chi connectivity index (χ1n) is 10.8. The minimum Gasteiger partial charge on any atom is -0.361 e. The van der Waals surface area contributed by atoms with Gasteiger partial charge in [-0.15, -0.1) is 0 Å². The smallest absolute Gasteiger partial charge is 0.312 e. The molecule has 0 spiro atoms. The third-order valence-electron chi connectivity index (χ3n) is 5.77. The summed E-state index contributed by atoms with van der Waals surface area (Å²) in [5, 5.41) is 7.01. The summed E-state index contributed by atoms with van der Waals surface area (Å²) in [6.45, 7) is 0.255. The maximum atomic E-state index is 14.3. The van der Waals surface area contributed by atoms with Crippen molar-refractivity contribution >= 4 is 34.4 Å². The molecule has 1 heterocycles. The Morgan fingerprint density at radius 3 is 2.35 bits per heavy atom. The predicted octanol–water partition coefficient (Wildman–Crippen LogP) is 5.01. The zero-order valence-electron chi connectivity index (χ0n) is 18.2. The van der Waals surface area contributed by atoms with E-state index in [1.165, 1.54) is 18.2 Å². The van der Waals surface area contributed by atoms with Gasteiger partial charge < -0.3 is 21.4 Å². The number of rotatable bonds is 8. The molecule has 0 aliphatic heterocycles. The molecule has 0 aliphatic carbocycles. The SMILES string of the molecule is NC(=O)N[C@@H](CC(=O)NC[C@@H](c1ccccc1Cl)c1c[nH]c2ccccc12)c1ccccc1F. The maximum absolute atomic E-state index is 14.3. The minimum absolute atomic E-state index is 0.174. The third-order valence-corrected chi connectivity index (χ3v) is 6.11. The van der Waals surface area contributed by atoms with E-state index < -0.39 is 17.9 Å². The van der Waals surface area contributed by atoms with Gasteiger partial charge in [-0.3, -0.25) is 4.79 Å². The van der Waals surface area contributed by atoms with E-state index >= 15 is 0 Å². The van der Waals surface area contributed by atoms with Crippen LogP contribution in [0.5, 0.6) is 0 Å². The summed E-state index contributed by atoms with van der Waals surface area (Å²) >= 11 is 6.52. The summed E-state index contributed by atoms with van der Waals surface area (Å²) in [4.78, 5) is 27.7. The Bertz CT molecular complexity index is 1320. The Kier molecular flexibility index (Phi) is 7.13. The van der Waals surface area contributed by atoms with Crippen molar-refractivity contribution in [2.24, 2.45) is 5.73 Å². The quantitative estimate of drug-likeness (QED) is 0.286. The molecule has 0 saturated carbocycles. The second kappa shape index (κ2) is 10.4. The molecule has 8 heteroatoms. The van der Waals surface area contributed by atoms with Gasteiger partial charge in [-0.2, -0.15) is 0 Å². The number of halogens is 2. The molecule has 2 atom stereocenters. The van der Waals surface area contributed by atoms with E-state index in [0.29, 0.717) is 5.02 Å². The number of fused-ring (bicyclic) bond motifs is 1. The molecule has 4 rings (SSSR count). The number of carbonyl (C=O) groups is 2. The molecule has 5 N–H and O–H groups in total. The zero-order valence-corrected chi connectivity index (χ0v) is 19.0. The van der Waals surface area contributed by atoms with Crippen molar-refractivity contribution in [3.05, 3.63) is 107 Å². The number of nitrogens with two attached hydrogens (primary N) is 1. The molecule has 4 aromatic rings. The lowest BCUT2D eigenvalue weighted by Crippen LogP contribution is -2.38. The van der Waals surface area contributed by atoms with Crippen molar-refractivity contribution in [1.29, 1.82) is 0 Å². The van der Waals surface area contributed by atoms with Gasteiger partial charge in [0, 0.05) is 40.1 Å². The number of aromatic nitrogens is 1. The highest BCUT2D eigenvalue weighted by molar-refractivity contribution is 6.31. The summed E-state index contributed by atoms with van der Waals surface area (Å²) < 4.78 is 14.3. The molecule has 3 aromatic carbocycles. The number of para-hydroxylation sites is 1. The number of primary amides is 1. The first-order valence-corrected chi connectivity index (χ1v) is 11.2. The molecule has 0 aliphatic rings. The lowest BCUT2D eigenvalue weighted by molar-refractivity contribution is -0.121. The van der Waals surface area contributed by atoms with Gasteiger partial charge in [0.2, 0.25) is 5.91 Å². The lowest BCUT2D eigenvalue weighted by atomic mass is 9.90. The van der Waals surface area contributed by atoms with Gasteiger partial charge in [-0.1, -0.05) is 66.2 Å². The Morgan fingerprint density at radius 2 is 1.62 bits per heavy atom. The molecule has 3 amide bonds. The molecule has 1 aromatic heterocycles. The van der Waals surface area contributed by atoms with Crippen molar-refractivity contribution in [3.8, 4) is 0 Å². The number of nitrogens with one attached hydrogen (secondary N) is 3. The van der Waals surface area contributed by atoms with Gasteiger partial charge >= 0.3 is 6.03 Å². The van der Waals surface area contributed by atoms with Crippen molar-refractivity contribution in [3.63, 3.8) is 0 Å². The number of urea groups is 1. The van der Waals surface area contributed by atoms with Crippen LogP contribution in [-0.4, -0.2) is 23.5 Å². The molecule has 0 radical (unpaired) electrons. The average Bonchev–Trinajstić information content (AvgIpc) is 3.24. The average molecular weight is 479 g/mol. The van der Waals surface area contributed by atoms with E-state index in [2.05, 4.69) is 15.6 Å². The fourth-order valence-electron chi connectivity index (χ4n) is 4.17. The largest absolute Gasteiger partial charge is 0.361 e. The van der Waals surface area contributed by atoms with Gasteiger partial charge in [0.25, 0.3) is 0 Å². The second-order valence-electron chi connectivity index (χ2n) is 7.95. The Labute approximate surface area is 201 Å². The number of hydrogen-bond acceptors (Lipinski definition) is 2. The van der Waals surface area contributed by atoms with Crippen molar-refractivity contribution in [1.82, 2.24) is 15.6 Å². The van der Waals surface area contributed by atoms with Crippen molar-refractivity contribution in [2.75, 3.05) is 6.54 Å². The Balaban J connectivity index is 1.57. The number of hydrogen-bond donors (Lipinski definition) is 4. The molecule has 0 unspecified atom stereocenters. The molecule has 0 saturated heterocycles. The number of benzene rings is 3. The number of H-pyrrole nitrogens is 1. The van der Waals surface area contributed by atoms with Gasteiger partial charge in [-0.25, -0.2) is 9.18 Å². The van der Waals surface area contributed by atoms with Crippen LogP contribution < -0.4 is 16.4 Å². The summed E-state index contributed by atoms with van der Waals surface area (Å²) in [6, 6.07) is 19.6. The number of aromatic amines is 1. The van der Waals surface area contributed by atoms with E-state index in [-0.39, 0.29) is 30.4 Å². The third kappa shape index (κ3) is 5.21. The van der Waals surface area contributed by atoms with Crippen molar-refractivity contribution < 1.29 is 14.0 Å². The van der Waals surface area contributed by atoms with Crippen LogP contribution in [0.2, 0.25) is 5.02 Å². The van der Waals surface area contributed by atoms with Crippen LogP contribution in [0.4, 0.5) is 9.18 Å². The van der Waals surface area contributed by atoms with E-state index in [1.54, 1.807) is 6.07 Å². The standard InChI is InChI=1S/C26H24ClFN4O2/c27-21-10-4-1-7-16(21)19(20-14-30-23-12-6-3-8-17(20)23)15-31-25(33)13-24(32-26(29)34)18-9-2-5-11-22(18)28/h1-12,14,19,24,30H,13,15H2,(H,31,33)(H3,29,32,34)/t19-,24-/m0/s1. The van der Waals surface area contributed by atoms with Gasteiger partial charge in [0.05, 0.1) is 12.5 Å².